The van der Waals surface area contributed by atoms with Gasteiger partial charge in [0.25, 0.3) is 11.4 Å². The van der Waals surface area contributed by atoms with Gasteiger partial charge in [0.1, 0.15) is 6.04 Å². The number of unbranched alkanes of at least 4 members (excludes halogenated alkanes) is 2. The fourth-order valence-electron chi connectivity index (χ4n) is 6.45. The van der Waals surface area contributed by atoms with Crippen LogP contribution in [0.5, 0.6) is 11.5 Å². The van der Waals surface area contributed by atoms with Gasteiger partial charge in [-0.1, -0.05) is 18.6 Å². The first kappa shape index (κ1) is 28.6. The fourth-order valence-corrected chi connectivity index (χ4v) is 6.45. The van der Waals surface area contributed by atoms with E-state index in [-0.39, 0.29) is 24.1 Å². The molecule has 2 fully saturated rings. The Balaban J connectivity index is 1.09. The number of methoxy groups -OCH3 is 2. The summed E-state index contributed by atoms with van der Waals surface area (Å²) in [5.74, 6) is 0.563. The smallest absolute Gasteiger partial charge is 0.260 e. The lowest BCUT2D eigenvalue weighted by molar-refractivity contribution is -0.136. The minimum absolute atomic E-state index is 0.120. The molecule has 9 heteroatoms. The second-order valence-electron chi connectivity index (χ2n) is 11.2. The van der Waals surface area contributed by atoms with Gasteiger partial charge in [-0.25, -0.2) is 6.57 Å². The number of aryl methyl sites for hydroxylation is 1. The Morgan fingerprint density at radius 1 is 1.02 bits per heavy atom. The first-order chi connectivity index (χ1) is 19.9. The van der Waals surface area contributed by atoms with Crippen molar-refractivity contribution >= 4 is 17.7 Å². The number of likely N-dealkylation sites (tertiary alicyclic amines) is 1. The molecule has 0 saturated carbocycles. The van der Waals surface area contributed by atoms with Crippen molar-refractivity contribution in [2.45, 2.75) is 69.5 Å². The number of piperidine rings is 2. The van der Waals surface area contributed by atoms with Crippen LogP contribution < -0.4 is 14.8 Å². The molecule has 3 aliphatic rings. The number of amides is 3. The van der Waals surface area contributed by atoms with Crippen molar-refractivity contribution in [2.24, 2.45) is 0 Å². The van der Waals surface area contributed by atoms with E-state index in [2.05, 4.69) is 21.1 Å². The van der Waals surface area contributed by atoms with Crippen LogP contribution in [0.1, 0.15) is 72.0 Å². The summed E-state index contributed by atoms with van der Waals surface area (Å²) in [6.07, 6.45) is 6.29. The lowest BCUT2D eigenvalue weighted by Gasteiger charge is -2.34. The second-order valence-corrected chi connectivity index (χ2v) is 11.2. The van der Waals surface area contributed by atoms with Crippen molar-refractivity contribution in [3.8, 4) is 11.5 Å². The predicted octanol–water partition coefficient (Wildman–Crippen LogP) is 4.09. The molecule has 1 N–H and O–H groups in total. The van der Waals surface area contributed by atoms with E-state index >= 15 is 0 Å². The number of rotatable bonds is 10. The Bertz CT molecular complexity index is 1360. The van der Waals surface area contributed by atoms with E-state index in [4.69, 9.17) is 16.0 Å². The highest BCUT2D eigenvalue weighted by Gasteiger charge is 2.43. The summed E-state index contributed by atoms with van der Waals surface area (Å²) in [5.41, 5.74) is 3.33. The zero-order valence-electron chi connectivity index (χ0n) is 23.9. The van der Waals surface area contributed by atoms with E-state index in [1.807, 2.05) is 30.3 Å². The summed E-state index contributed by atoms with van der Waals surface area (Å²) in [4.78, 5) is 45.2. The Kier molecular flexibility index (Phi) is 8.60. The van der Waals surface area contributed by atoms with Gasteiger partial charge in [-0.3, -0.25) is 19.7 Å². The highest BCUT2D eigenvalue weighted by molar-refractivity contribution is 6.05. The summed E-state index contributed by atoms with van der Waals surface area (Å²) in [5, 5.41) is 2.37. The second kappa shape index (κ2) is 12.3. The summed E-state index contributed by atoms with van der Waals surface area (Å²) in [6.45, 7) is 11.2. The molecule has 1 atom stereocenters. The van der Waals surface area contributed by atoms with Crippen molar-refractivity contribution in [3.05, 3.63) is 70.1 Å². The van der Waals surface area contributed by atoms with Crippen LogP contribution in [0.3, 0.4) is 0 Å². The van der Waals surface area contributed by atoms with Gasteiger partial charge in [-0.05, 0) is 67.6 Å². The molecule has 0 aromatic heterocycles. The summed E-state index contributed by atoms with van der Waals surface area (Å²) < 4.78 is 10.8. The number of nitrogens with zero attached hydrogens (tertiary/aromatic N) is 3. The van der Waals surface area contributed by atoms with Crippen molar-refractivity contribution in [1.29, 1.82) is 0 Å². The third kappa shape index (κ3) is 5.80. The normalized spacial score (nSPS) is 20.4. The number of benzene rings is 2. The fraction of sp³-hybridized carbons (Fsp3) is 0.500. The monoisotopic (exact) mass is 558 g/mol. The first-order valence-corrected chi connectivity index (χ1v) is 14.5. The number of imide groups is 1. The summed E-state index contributed by atoms with van der Waals surface area (Å²) in [6, 6.07) is 11.1. The van der Waals surface area contributed by atoms with Gasteiger partial charge in [0, 0.05) is 50.0 Å². The van der Waals surface area contributed by atoms with Gasteiger partial charge in [-0.2, -0.15) is 0 Å². The Morgan fingerprint density at radius 3 is 2.51 bits per heavy atom. The number of nitrogens with one attached hydrogen (secondary N) is 1. The van der Waals surface area contributed by atoms with Gasteiger partial charge in [-0.15, -0.1) is 0 Å². The van der Waals surface area contributed by atoms with E-state index in [0.29, 0.717) is 30.0 Å². The maximum Gasteiger partial charge on any atom is 0.260 e. The Morgan fingerprint density at radius 2 is 1.80 bits per heavy atom. The maximum absolute atomic E-state index is 13.1. The summed E-state index contributed by atoms with van der Waals surface area (Å²) in [7, 11) is 3.24. The predicted molar refractivity (Wildman–Crippen MR) is 154 cm³/mol. The lowest BCUT2D eigenvalue weighted by atomic mass is 9.81. The van der Waals surface area contributed by atoms with Crippen LogP contribution in [-0.4, -0.2) is 67.4 Å². The third-order valence-electron chi connectivity index (χ3n) is 8.92. The van der Waals surface area contributed by atoms with E-state index < -0.39 is 11.6 Å². The van der Waals surface area contributed by atoms with E-state index in [1.54, 1.807) is 19.1 Å². The van der Waals surface area contributed by atoms with Crippen LogP contribution in [0.25, 0.3) is 4.85 Å². The van der Waals surface area contributed by atoms with Crippen LogP contribution in [0.4, 0.5) is 0 Å². The number of carbonyl (C=O) groups is 3. The molecule has 2 aromatic rings. The van der Waals surface area contributed by atoms with Gasteiger partial charge in [0.2, 0.25) is 11.8 Å². The van der Waals surface area contributed by atoms with E-state index in [1.165, 1.54) is 5.56 Å². The zero-order chi connectivity index (χ0) is 29.0. The molecule has 2 saturated heterocycles. The highest BCUT2D eigenvalue weighted by Crippen LogP contribution is 2.41. The van der Waals surface area contributed by atoms with Gasteiger partial charge in [0.05, 0.1) is 14.2 Å². The minimum Gasteiger partial charge on any atom is -0.493 e. The molecule has 41 heavy (non-hydrogen) atoms. The van der Waals surface area contributed by atoms with Crippen molar-refractivity contribution in [2.75, 3.05) is 33.9 Å². The van der Waals surface area contributed by atoms with Gasteiger partial charge < -0.3 is 24.1 Å². The van der Waals surface area contributed by atoms with Crippen LogP contribution >= 0.6 is 0 Å². The van der Waals surface area contributed by atoms with Crippen molar-refractivity contribution in [1.82, 2.24) is 15.1 Å². The van der Waals surface area contributed by atoms with Gasteiger partial charge in [0.15, 0.2) is 11.5 Å². The molecular formula is C32H38N4O5. The molecule has 0 radical (unpaired) electrons. The number of fused-ring (bicyclic) bond motifs is 1. The molecule has 216 valence electrons. The molecule has 2 aromatic carbocycles. The number of hydrogen-bond donors (Lipinski definition) is 1. The molecule has 5 rings (SSSR count). The van der Waals surface area contributed by atoms with Crippen LogP contribution in [0, 0.1) is 6.57 Å². The molecule has 0 aliphatic carbocycles. The quantitative estimate of drug-likeness (QED) is 0.268. The lowest BCUT2D eigenvalue weighted by Crippen LogP contribution is -2.52. The first-order valence-electron chi connectivity index (χ1n) is 14.5. The molecule has 3 amide bonds. The number of ether oxygens (including phenoxy) is 2. The molecule has 3 aliphatic heterocycles. The minimum atomic E-state index is -0.585. The number of carbonyl (C=O) groups excluding carboxylic acids is 3. The topological polar surface area (TPSA) is 92.5 Å². The number of hydrogen-bond acceptors (Lipinski definition) is 6. The Labute approximate surface area is 241 Å². The average Bonchev–Trinajstić information content (AvgIpc) is 3.33. The zero-order valence-corrected chi connectivity index (χ0v) is 23.9. The molecule has 3 heterocycles. The molecule has 9 nitrogen and oxygen atoms in total. The van der Waals surface area contributed by atoms with Crippen molar-refractivity contribution in [3.63, 3.8) is 0 Å². The van der Waals surface area contributed by atoms with E-state index in [0.717, 1.165) is 69.3 Å². The molecule has 1 unspecified atom stereocenters. The van der Waals surface area contributed by atoms with Crippen LogP contribution in [0.15, 0.2) is 36.4 Å². The van der Waals surface area contributed by atoms with Crippen molar-refractivity contribution < 1.29 is 23.9 Å². The van der Waals surface area contributed by atoms with Crippen LogP contribution in [0.2, 0.25) is 0 Å². The molecule has 0 bridgehead atoms. The molecular weight excluding hydrogens is 520 g/mol. The highest BCUT2D eigenvalue weighted by atomic mass is 16.5. The third-order valence-corrected chi connectivity index (χ3v) is 8.92. The average molecular weight is 559 g/mol. The van der Waals surface area contributed by atoms with E-state index in [9.17, 15) is 14.4 Å². The molecule has 0 spiro atoms. The SMILES string of the molecule is [C-]#[N+]C1(c2ccc(OC)c(OC)c2)CCN(CCCCCc2cccc3c2CN(C2CCC(=O)NC2=O)C3=O)CC1. The van der Waals surface area contributed by atoms with Gasteiger partial charge >= 0.3 is 0 Å². The largest absolute Gasteiger partial charge is 0.493 e. The maximum atomic E-state index is 13.1. The summed E-state index contributed by atoms with van der Waals surface area (Å²) >= 11 is 0. The van der Waals surface area contributed by atoms with Crippen LogP contribution in [-0.2, 0) is 28.1 Å². The Hall–Kier alpha value is -3.90. The standard InChI is InChI=1S/C32H38N4O5/c1-33-32(23-11-13-27(40-2)28(20-23)41-3)15-18-35(19-16-32)17-6-4-5-8-22-9-7-10-24-25(22)21-36(31(24)39)26-12-14-29(37)34-30(26)38/h7,9-11,13,20,26H,4-6,8,12,14-19,21H2,2-3H3,(H,34,37,38).